The number of alkyl halides is 3. The Labute approximate surface area is 148 Å². The number of aryl methyl sites for hydroxylation is 2. The van der Waals surface area contributed by atoms with E-state index in [-0.39, 0.29) is 5.56 Å². The molecular weight excluding hydrogens is 367 g/mol. The summed E-state index contributed by atoms with van der Waals surface area (Å²) in [5.41, 5.74) is 1.90. The Morgan fingerprint density at radius 3 is 2.58 bits per heavy atom. The van der Waals surface area contributed by atoms with E-state index in [1.807, 2.05) is 0 Å². The summed E-state index contributed by atoms with van der Waals surface area (Å²) < 4.78 is 42.4. The number of aromatic nitrogens is 3. The van der Waals surface area contributed by atoms with Crippen LogP contribution < -0.4 is 0 Å². The fraction of sp³-hybridized carbons (Fsp3) is 0.176. The quantitative estimate of drug-likeness (QED) is 0.554. The van der Waals surface area contributed by atoms with E-state index >= 15 is 0 Å². The lowest BCUT2D eigenvalue weighted by atomic mass is 10.1. The van der Waals surface area contributed by atoms with Crippen molar-refractivity contribution in [3.05, 3.63) is 46.6 Å². The van der Waals surface area contributed by atoms with Gasteiger partial charge < -0.3 is 9.67 Å². The van der Waals surface area contributed by atoms with Gasteiger partial charge in [0.05, 0.1) is 16.6 Å². The molecule has 1 aromatic carbocycles. The molecule has 0 fully saturated rings. The van der Waals surface area contributed by atoms with E-state index in [2.05, 4.69) is 4.98 Å². The molecule has 5 nitrogen and oxygen atoms in total. The molecule has 0 saturated carbocycles. The number of nitrogens with zero attached hydrogens (tertiary/aromatic N) is 3. The van der Waals surface area contributed by atoms with E-state index in [4.69, 9.17) is 0 Å². The van der Waals surface area contributed by atoms with Crippen LogP contribution in [-0.2, 0) is 13.2 Å². The molecule has 134 valence electrons. The van der Waals surface area contributed by atoms with Crippen molar-refractivity contribution in [2.75, 3.05) is 0 Å². The normalized spacial score (nSPS) is 12.3. The molecule has 0 unspecified atom stereocenters. The number of carbonyl (C=O) groups is 1. The number of imidazole rings is 1. The zero-order valence-corrected chi connectivity index (χ0v) is 14.4. The maximum absolute atomic E-state index is 13.0. The highest BCUT2D eigenvalue weighted by molar-refractivity contribution is 7.14. The molecule has 0 aliphatic rings. The maximum atomic E-state index is 13.0. The number of benzene rings is 1. The summed E-state index contributed by atoms with van der Waals surface area (Å²) >= 11 is 0.625. The van der Waals surface area contributed by atoms with Crippen LogP contribution in [0.3, 0.4) is 0 Å². The monoisotopic (exact) mass is 379 g/mol. The van der Waals surface area contributed by atoms with E-state index in [1.165, 1.54) is 18.2 Å². The van der Waals surface area contributed by atoms with Gasteiger partial charge in [0.25, 0.3) is 0 Å². The largest absolute Gasteiger partial charge is 0.478 e. The Hall–Kier alpha value is -2.81. The summed E-state index contributed by atoms with van der Waals surface area (Å²) in [6, 6.07) is 7.00. The average molecular weight is 379 g/mol. The fourth-order valence-electron chi connectivity index (χ4n) is 3.04. The van der Waals surface area contributed by atoms with Gasteiger partial charge in [-0.2, -0.15) is 13.2 Å². The van der Waals surface area contributed by atoms with Crippen LogP contribution in [0.2, 0.25) is 0 Å². The molecule has 9 heteroatoms. The van der Waals surface area contributed by atoms with Crippen molar-refractivity contribution in [3.8, 4) is 5.00 Å². The molecule has 26 heavy (non-hydrogen) atoms. The van der Waals surface area contributed by atoms with Gasteiger partial charge in [-0.1, -0.05) is 0 Å². The molecule has 1 N–H and O–H groups in total. The molecule has 3 heterocycles. The molecule has 4 aromatic rings. The van der Waals surface area contributed by atoms with Crippen LogP contribution in [0.4, 0.5) is 13.2 Å². The van der Waals surface area contributed by atoms with E-state index < -0.39 is 17.0 Å². The number of rotatable bonds is 2. The SMILES string of the molecule is Cc1nc2c(c3cc(C(=O)O)ccc3n2-c2ccc(C(F)(F)F)s2)n1C. The van der Waals surface area contributed by atoms with E-state index in [0.29, 0.717) is 44.2 Å². The molecule has 0 spiro atoms. The highest BCUT2D eigenvalue weighted by Crippen LogP contribution is 2.39. The minimum Gasteiger partial charge on any atom is -0.478 e. The topological polar surface area (TPSA) is 60.0 Å². The van der Waals surface area contributed by atoms with Crippen LogP contribution in [0.25, 0.3) is 27.1 Å². The number of thiophene rings is 1. The van der Waals surface area contributed by atoms with Gasteiger partial charge in [-0.25, -0.2) is 9.78 Å². The molecule has 0 amide bonds. The highest BCUT2D eigenvalue weighted by atomic mass is 32.1. The summed E-state index contributed by atoms with van der Waals surface area (Å²) in [6.07, 6.45) is -4.42. The number of carboxylic acid groups (broad SMARTS) is 1. The van der Waals surface area contributed by atoms with Crippen molar-refractivity contribution < 1.29 is 23.1 Å². The van der Waals surface area contributed by atoms with Gasteiger partial charge in [0.15, 0.2) is 5.65 Å². The fourth-order valence-corrected chi connectivity index (χ4v) is 3.93. The van der Waals surface area contributed by atoms with Gasteiger partial charge in [0.1, 0.15) is 15.7 Å². The van der Waals surface area contributed by atoms with Gasteiger partial charge >= 0.3 is 12.1 Å². The Morgan fingerprint density at radius 2 is 1.96 bits per heavy atom. The van der Waals surface area contributed by atoms with Crippen molar-refractivity contribution >= 4 is 39.4 Å². The molecule has 4 rings (SSSR count). The lowest BCUT2D eigenvalue weighted by Crippen LogP contribution is -2.00. The van der Waals surface area contributed by atoms with Crippen LogP contribution in [0, 0.1) is 6.92 Å². The summed E-state index contributed by atoms with van der Waals surface area (Å²) in [7, 11) is 1.79. The summed E-state index contributed by atoms with van der Waals surface area (Å²) in [5.74, 6) is -0.388. The standard InChI is InChI=1S/C17H12F3N3O2S/c1-8-21-15-14(22(8)2)10-7-9(16(24)25)3-4-11(10)23(15)13-6-5-12(26-13)17(18,19)20/h3-7H,1-2H3,(H,24,25). The summed E-state index contributed by atoms with van der Waals surface area (Å²) in [6.45, 7) is 1.78. The third-order valence-electron chi connectivity index (χ3n) is 4.34. The molecule has 0 aliphatic heterocycles. The van der Waals surface area contributed by atoms with Gasteiger partial charge in [0.2, 0.25) is 0 Å². The van der Waals surface area contributed by atoms with Gasteiger partial charge in [-0.3, -0.25) is 4.57 Å². The molecule has 0 atom stereocenters. The number of aromatic carboxylic acids is 1. The Balaban J connectivity index is 2.09. The smallest absolute Gasteiger partial charge is 0.425 e. The second-order valence-corrected chi connectivity index (χ2v) is 6.96. The van der Waals surface area contributed by atoms with Crippen molar-refractivity contribution in [1.82, 2.24) is 14.1 Å². The number of hydrogen-bond acceptors (Lipinski definition) is 3. The predicted molar refractivity (Wildman–Crippen MR) is 92.1 cm³/mol. The Kier molecular flexibility index (Phi) is 3.42. The van der Waals surface area contributed by atoms with E-state index in [9.17, 15) is 23.1 Å². The average Bonchev–Trinajstić information content (AvgIpc) is 3.21. The Bertz CT molecular complexity index is 1180. The van der Waals surface area contributed by atoms with Crippen molar-refractivity contribution in [3.63, 3.8) is 0 Å². The minimum atomic E-state index is -4.42. The van der Waals surface area contributed by atoms with Crippen LogP contribution in [-0.4, -0.2) is 25.2 Å². The molecular formula is C17H12F3N3O2S. The molecule has 0 bridgehead atoms. The molecule has 3 aromatic heterocycles. The van der Waals surface area contributed by atoms with Crippen molar-refractivity contribution in [1.29, 1.82) is 0 Å². The van der Waals surface area contributed by atoms with Gasteiger partial charge in [0, 0.05) is 12.4 Å². The summed E-state index contributed by atoms with van der Waals surface area (Å²) in [4.78, 5) is 15.1. The van der Waals surface area contributed by atoms with Gasteiger partial charge in [-0.15, -0.1) is 11.3 Å². The lowest BCUT2D eigenvalue weighted by molar-refractivity contribution is -0.134. The van der Waals surface area contributed by atoms with Gasteiger partial charge in [-0.05, 0) is 37.3 Å². The van der Waals surface area contributed by atoms with E-state index in [1.54, 1.807) is 29.2 Å². The first-order valence-electron chi connectivity index (χ1n) is 7.56. The summed E-state index contributed by atoms with van der Waals surface area (Å²) in [5, 5.41) is 10.3. The third kappa shape index (κ3) is 2.31. The Morgan fingerprint density at radius 1 is 1.23 bits per heavy atom. The lowest BCUT2D eigenvalue weighted by Gasteiger charge is -2.04. The van der Waals surface area contributed by atoms with Crippen LogP contribution >= 0.6 is 11.3 Å². The van der Waals surface area contributed by atoms with Crippen molar-refractivity contribution in [2.24, 2.45) is 7.05 Å². The first-order chi connectivity index (χ1) is 12.2. The minimum absolute atomic E-state index is 0.109. The number of carboxylic acids is 1. The maximum Gasteiger partial charge on any atom is 0.425 e. The predicted octanol–water partition coefficient (Wildman–Crippen LogP) is 4.60. The molecule has 0 saturated heterocycles. The first-order valence-corrected chi connectivity index (χ1v) is 8.38. The van der Waals surface area contributed by atoms with Crippen LogP contribution in [0.1, 0.15) is 21.1 Å². The van der Waals surface area contributed by atoms with Crippen LogP contribution in [0.5, 0.6) is 0 Å². The third-order valence-corrected chi connectivity index (χ3v) is 5.46. The van der Waals surface area contributed by atoms with Crippen molar-refractivity contribution in [2.45, 2.75) is 13.1 Å². The molecule has 0 aliphatic carbocycles. The van der Waals surface area contributed by atoms with E-state index in [0.717, 1.165) is 6.07 Å². The first kappa shape index (κ1) is 16.6. The highest BCUT2D eigenvalue weighted by Gasteiger charge is 2.33. The number of halogens is 3. The number of fused-ring (bicyclic) bond motifs is 3. The second kappa shape index (κ2) is 5.34. The molecule has 0 radical (unpaired) electrons. The zero-order valence-electron chi connectivity index (χ0n) is 13.6. The second-order valence-electron chi connectivity index (χ2n) is 5.90. The number of hydrogen-bond donors (Lipinski definition) is 1. The van der Waals surface area contributed by atoms with Crippen LogP contribution in [0.15, 0.2) is 30.3 Å². The zero-order chi connectivity index (χ0) is 18.8.